The van der Waals surface area contributed by atoms with Gasteiger partial charge < -0.3 is 18.9 Å². The number of ether oxygens (including phenoxy) is 4. The summed E-state index contributed by atoms with van der Waals surface area (Å²) in [6.45, 7) is 0.539. The Balaban J connectivity index is 1.33. The predicted octanol–water partition coefficient (Wildman–Crippen LogP) is 7.35. The molecule has 1 atom stereocenters. The van der Waals surface area contributed by atoms with Crippen LogP contribution in [0.2, 0.25) is 0 Å². The lowest BCUT2D eigenvalue weighted by Gasteiger charge is -2.27. The van der Waals surface area contributed by atoms with Crippen LogP contribution in [0.25, 0.3) is 0 Å². The van der Waals surface area contributed by atoms with Crippen LogP contribution in [0.3, 0.4) is 0 Å². The molecular weight excluding hydrogens is 436 g/mol. The second-order valence-electron chi connectivity index (χ2n) is 8.82. The lowest BCUT2D eigenvalue weighted by molar-refractivity contribution is 0.305. The molecule has 4 aromatic rings. The maximum Gasteiger partial charge on any atom is 0.134 e. The van der Waals surface area contributed by atoms with Gasteiger partial charge in [-0.3, -0.25) is 0 Å². The van der Waals surface area contributed by atoms with E-state index < -0.39 is 0 Å². The Labute approximate surface area is 207 Å². The van der Waals surface area contributed by atoms with Crippen molar-refractivity contribution in [3.63, 3.8) is 0 Å². The molecule has 0 bridgehead atoms. The molecule has 4 nitrogen and oxygen atoms in total. The molecule has 178 valence electrons. The summed E-state index contributed by atoms with van der Waals surface area (Å²) in [7, 11) is 3.40. The zero-order chi connectivity index (χ0) is 24.0. The van der Waals surface area contributed by atoms with Gasteiger partial charge in [0.05, 0.1) is 14.2 Å². The largest absolute Gasteiger partial charge is 0.497 e. The summed E-state index contributed by atoms with van der Waals surface area (Å²) in [6.07, 6.45) is 3.02. The zero-order valence-electron chi connectivity index (χ0n) is 20.2. The lowest BCUT2D eigenvalue weighted by Crippen LogP contribution is -2.14. The normalized spacial score (nSPS) is 14.6. The number of aryl methyl sites for hydroxylation is 1. The van der Waals surface area contributed by atoms with Gasteiger partial charge in [-0.25, -0.2) is 0 Å². The van der Waals surface area contributed by atoms with Crippen LogP contribution >= 0.6 is 0 Å². The van der Waals surface area contributed by atoms with Crippen LogP contribution < -0.4 is 18.9 Å². The standard InChI is InChI=1S/C31H30O4/c1-32-26-12-10-23(11-13-26)24-8-9-25-18-29(33-2)20-31(30(25)19-24)35-28-16-14-27(15-17-28)34-21-22-6-4-3-5-7-22/h3-7,10-18,20,24H,8-9,19,21H2,1-2H3. The first-order valence-electron chi connectivity index (χ1n) is 12.0. The Kier molecular flexibility index (Phi) is 6.89. The van der Waals surface area contributed by atoms with Crippen molar-refractivity contribution >= 4 is 0 Å². The van der Waals surface area contributed by atoms with Crippen molar-refractivity contribution in [1.29, 1.82) is 0 Å². The van der Waals surface area contributed by atoms with E-state index in [1.807, 2.05) is 60.7 Å². The first-order chi connectivity index (χ1) is 17.2. The molecule has 0 aromatic heterocycles. The molecule has 0 saturated heterocycles. The number of rotatable bonds is 8. The summed E-state index contributed by atoms with van der Waals surface area (Å²) in [6, 6.07) is 30.5. The molecule has 0 radical (unpaired) electrons. The van der Waals surface area contributed by atoms with E-state index >= 15 is 0 Å². The maximum atomic E-state index is 6.40. The van der Waals surface area contributed by atoms with Crippen molar-refractivity contribution < 1.29 is 18.9 Å². The van der Waals surface area contributed by atoms with E-state index in [0.29, 0.717) is 12.5 Å². The van der Waals surface area contributed by atoms with Crippen molar-refractivity contribution in [2.45, 2.75) is 31.8 Å². The second kappa shape index (κ2) is 10.6. The lowest BCUT2D eigenvalue weighted by atomic mass is 9.79. The van der Waals surface area contributed by atoms with Crippen molar-refractivity contribution in [2.75, 3.05) is 14.2 Å². The van der Waals surface area contributed by atoms with Gasteiger partial charge in [0, 0.05) is 6.07 Å². The average Bonchev–Trinajstić information content (AvgIpc) is 2.93. The minimum atomic E-state index is 0.443. The van der Waals surface area contributed by atoms with Gasteiger partial charge in [-0.05, 0) is 89.9 Å². The highest BCUT2D eigenvalue weighted by Crippen LogP contribution is 2.41. The fraction of sp³-hybridized carbons (Fsp3) is 0.226. The minimum absolute atomic E-state index is 0.443. The van der Waals surface area contributed by atoms with Crippen LogP contribution in [0, 0.1) is 0 Å². The molecule has 0 saturated carbocycles. The molecule has 4 aromatic carbocycles. The van der Waals surface area contributed by atoms with E-state index in [9.17, 15) is 0 Å². The summed E-state index contributed by atoms with van der Waals surface area (Å²) in [4.78, 5) is 0. The van der Waals surface area contributed by atoms with Gasteiger partial charge in [0.15, 0.2) is 0 Å². The molecule has 0 aliphatic heterocycles. The van der Waals surface area contributed by atoms with E-state index in [1.165, 1.54) is 16.7 Å². The van der Waals surface area contributed by atoms with Crippen molar-refractivity contribution in [2.24, 2.45) is 0 Å². The van der Waals surface area contributed by atoms with Crippen molar-refractivity contribution in [1.82, 2.24) is 0 Å². The summed E-state index contributed by atoms with van der Waals surface area (Å²) < 4.78 is 23.2. The second-order valence-corrected chi connectivity index (χ2v) is 8.82. The summed E-state index contributed by atoms with van der Waals surface area (Å²) >= 11 is 0. The summed E-state index contributed by atoms with van der Waals surface area (Å²) in [5.41, 5.74) is 5.02. The van der Waals surface area contributed by atoms with Crippen molar-refractivity contribution in [3.8, 4) is 28.7 Å². The summed E-state index contributed by atoms with van der Waals surface area (Å²) in [5, 5.41) is 0. The molecule has 1 aliphatic carbocycles. The molecule has 1 aliphatic rings. The maximum absolute atomic E-state index is 6.40. The number of benzene rings is 4. The van der Waals surface area contributed by atoms with Crippen LogP contribution in [0.15, 0.2) is 91.0 Å². The molecule has 0 amide bonds. The molecule has 5 rings (SSSR count). The fourth-order valence-electron chi connectivity index (χ4n) is 4.65. The van der Waals surface area contributed by atoms with E-state index in [-0.39, 0.29) is 0 Å². The Morgan fingerprint density at radius 2 is 1.40 bits per heavy atom. The first kappa shape index (κ1) is 22.9. The molecule has 0 N–H and O–H groups in total. The topological polar surface area (TPSA) is 36.9 Å². The Morgan fingerprint density at radius 1 is 0.714 bits per heavy atom. The third kappa shape index (κ3) is 5.43. The van der Waals surface area contributed by atoms with Gasteiger partial charge in [-0.1, -0.05) is 42.5 Å². The van der Waals surface area contributed by atoms with Gasteiger partial charge in [0.2, 0.25) is 0 Å². The average molecular weight is 467 g/mol. The molecule has 0 fully saturated rings. The number of hydrogen-bond donors (Lipinski definition) is 0. The first-order valence-corrected chi connectivity index (χ1v) is 12.0. The van der Waals surface area contributed by atoms with E-state index in [4.69, 9.17) is 18.9 Å². The Bertz CT molecular complexity index is 1250. The van der Waals surface area contributed by atoms with Crippen molar-refractivity contribution in [3.05, 3.63) is 113 Å². The monoisotopic (exact) mass is 466 g/mol. The van der Waals surface area contributed by atoms with Crippen LogP contribution in [-0.4, -0.2) is 14.2 Å². The fourth-order valence-corrected chi connectivity index (χ4v) is 4.65. The highest BCUT2D eigenvalue weighted by molar-refractivity contribution is 5.51. The third-order valence-corrected chi connectivity index (χ3v) is 6.61. The number of fused-ring (bicyclic) bond motifs is 1. The number of methoxy groups -OCH3 is 2. The number of hydrogen-bond acceptors (Lipinski definition) is 4. The zero-order valence-corrected chi connectivity index (χ0v) is 20.2. The van der Waals surface area contributed by atoms with Gasteiger partial charge in [-0.2, -0.15) is 0 Å². The molecule has 0 heterocycles. The van der Waals surface area contributed by atoms with Gasteiger partial charge in [-0.15, -0.1) is 0 Å². The van der Waals surface area contributed by atoms with E-state index in [2.05, 4.69) is 30.3 Å². The highest BCUT2D eigenvalue weighted by atomic mass is 16.5. The van der Waals surface area contributed by atoms with E-state index in [1.54, 1.807) is 14.2 Å². The molecule has 0 spiro atoms. The molecule has 1 unspecified atom stereocenters. The van der Waals surface area contributed by atoms with E-state index in [0.717, 1.165) is 53.6 Å². The minimum Gasteiger partial charge on any atom is -0.497 e. The summed E-state index contributed by atoms with van der Waals surface area (Å²) in [5.74, 6) is 4.60. The SMILES string of the molecule is COc1ccc(C2CCc3cc(OC)cc(Oc4ccc(OCc5ccccc5)cc4)c3C2)cc1. The molecule has 4 heteroatoms. The van der Waals surface area contributed by atoms with Crippen LogP contribution in [0.1, 0.15) is 34.6 Å². The van der Waals surface area contributed by atoms with Gasteiger partial charge in [0.25, 0.3) is 0 Å². The Hall–Kier alpha value is -3.92. The predicted molar refractivity (Wildman–Crippen MR) is 138 cm³/mol. The van der Waals surface area contributed by atoms with Crippen LogP contribution in [0.4, 0.5) is 0 Å². The molecule has 35 heavy (non-hydrogen) atoms. The van der Waals surface area contributed by atoms with Crippen LogP contribution in [0.5, 0.6) is 28.7 Å². The quantitative estimate of drug-likeness (QED) is 0.272. The molecular formula is C31H30O4. The van der Waals surface area contributed by atoms with Gasteiger partial charge >= 0.3 is 0 Å². The van der Waals surface area contributed by atoms with Gasteiger partial charge in [0.1, 0.15) is 35.4 Å². The highest BCUT2D eigenvalue weighted by Gasteiger charge is 2.24. The third-order valence-electron chi connectivity index (χ3n) is 6.61. The van der Waals surface area contributed by atoms with Crippen LogP contribution in [-0.2, 0) is 19.4 Å². The Morgan fingerprint density at radius 3 is 2.11 bits per heavy atom. The smallest absolute Gasteiger partial charge is 0.134 e.